The minimum atomic E-state index is -0.559. The van der Waals surface area contributed by atoms with Crippen LogP contribution in [0.15, 0.2) is 30.5 Å². The van der Waals surface area contributed by atoms with E-state index in [1.807, 2.05) is 0 Å². The van der Waals surface area contributed by atoms with Gasteiger partial charge in [0, 0.05) is 11.9 Å². The summed E-state index contributed by atoms with van der Waals surface area (Å²) in [5.74, 6) is -0.516. The standard InChI is InChI=1S/C11H8Cl2FN3/c12-6-3-9(14)11(16-5-6)17-10-4-7(15)1-2-8(10)13/h1-5H,15H2,(H,16,17). The van der Waals surface area contributed by atoms with Crippen molar-refractivity contribution in [3.8, 4) is 0 Å². The Morgan fingerprint density at radius 3 is 2.71 bits per heavy atom. The normalized spacial score (nSPS) is 10.3. The molecule has 3 nitrogen and oxygen atoms in total. The number of hydrogen-bond acceptors (Lipinski definition) is 3. The number of rotatable bonds is 2. The zero-order chi connectivity index (χ0) is 12.4. The molecule has 0 radical (unpaired) electrons. The van der Waals surface area contributed by atoms with Crippen LogP contribution in [0.1, 0.15) is 0 Å². The molecule has 0 saturated carbocycles. The van der Waals surface area contributed by atoms with Gasteiger partial charge in [-0.1, -0.05) is 23.2 Å². The molecule has 1 heterocycles. The zero-order valence-corrected chi connectivity index (χ0v) is 10.1. The summed E-state index contributed by atoms with van der Waals surface area (Å²) in [5, 5.41) is 3.41. The van der Waals surface area contributed by atoms with Crippen molar-refractivity contribution in [2.75, 3.05) is 11.1 Å². The first-order chi connectivity index (χ1) is 8.06. The van der Waals surface area contributed by atoms with E-state index in [-0.39, 0.29) is 10.8 Å². The lowest BCUT2D eigenvalue weighted by Crippen LogP contribution is -1.98. The molecule has 0 bridgehead atoms. The molecule has 0 aliphatic heterocycles. The molecule has 0 aliphatic carbocycles. The largest absolute Gasteiger partial charge is 0.399 e. The van der Waals surface area contributed by atoms with Gasteiger partial charge in [-0.2, -0.15) is 0 Å². The third-order valence-electron chi connectivity index (χ3n) is 2.05. The van der Waals surface area contributed by atoms with Crippen LogP contribution in [0, 0.1) is 5.82 Å². The third-order valence-corrected chi connectivity index (χ3v) is 2.59. The first-order valence-corrected chi connectivity index (χ1v) is 5.45. The van der Waals surface area contributed by atoms with Gasteiger partial charge >= 0.3 is 0 Å². The fourth-order valence-electron chi connectivity index (χ4n) is 1.27. The summed E-state index contributed by atoms with van der Waals surface area (Å²) >= 11 is 11.5. The Balaban J connectivity index is 2.34. The number of nitrogen functional groups attached to an aromatic ring is 1. The van der Waals surface area contributed by atoms with Crippen molar-refractivity contribution in [3.63, 3.8) is 0 Å². The maximum Gasteiger partial charge on any atom is 0.167 e. The van der Waals surface area contributed by atoms with Crippen molar-refractivity contribution in [3.05, 3.63) is 46.3 Å². The van der Waals surface area contributed by atoms with Crippen molar-refractivity contribution in [1.82, 2.24) is 4.98 Å². The van der Waals surface area contributed by atoms with Gasteiger partial charge in [0.25, 0.3) is 0 Å². The average Bonchev–Trinajstić information content (AvgIpc) is 2.27. The summed E-state index contributed by atoms with van der Waals surface area (Å²) in [7, 11) is 0. The molecule has 88 valence electrons. The number of benzene rings is 1. The summed E-state index contributed by atoms with van der Waals surface area (Å²) < 4.78 is 13.5. The second-order valence-corrected chi connectivity index (χ2v) is 4.19. The van der Waals surface area contributed by atoms with Gasteiger partial charge in [0.1, 0.15) is 0 Å². The van der Waals surface area contributed by atoms with E-state index in [1.165, 1.54) is 6.20 Å². The van der Waals surface area contributed by atoms with E-state index in [1.54, 1.807) is 18.2 Å². The lowest BCUT2D eigenvalue weighted by molar-refractivity contribution is 0.626. The molecule has 0 saturated heterocycles. The summed E-state index contributed by atoms with van der Waals surface area (Å²) in [5.41, 5.74) is 6.62. The van der Waals surface area contributed by atoms with Gasteiger partial charge in [0.2, 0.25) is 0 Å². The van der Waals surface area contributed by atoms with E-state index >= 15 is 0 Å². The number of halogens is 3. The second kappa shape index (κ2) is 4.77. The minimum absolute atomic E-state index is 0.0434. The molecule has 3 N–H and O–H groups in total. The Bertz CT molecular complexity index is 560. The lowest BCUT2D eigenvalue weighted by atomic mass is 10.3. The molecule has 1 aromatic heterocycles. The van der Waals surface area contributed by atoms with Gasteiger partial charge < -0.3 is 11.1 Å². The molecular weight excluding hydrogens is 264 g/mol. The quantitative estimate of drug-likeness (QED) is 0.816. The predicted octanol–water partition coefficient (Wildman–Crippen LogP) is 3.85. The van der Waals surface area contributed by atoms with E-state index in [0.29, 0.717) is 16.4 Å². The molecule has 0 aliphatic rings. The van der Waals surface area contributed by atoms with Crippen molar-refractivity contribution < 1.29 is 4.39 Å². The van der Waals surface area contributed by atoms with Crippen LogP contribution in [-0.2, 0) is 0 Å². The SMILES string of the molecule is Nc1ccc(Cl)c(Nc2ncc(Cl)cc2F)c1. The first-order valence-electron chi connectivity index (χ1n) is 4.69. The van der Waals surface area contributed by atoms with Crippen molar-refractivity contribution in [1.29, 1.82) is 0 Å². The summed E-state index contributed by atoms with van der Waals surface area (Å²) in [4.78, 5) is 3.83. The van der Waals surface area contributed by atoms with Crippen LogP contribution in [0.3, 0.4) is 0 Å². The van der Waals surface area contributed by atoms with Crippen LogP contribution in [0.4, 0.5) is 21.6 Å². The van der Waals surface area contributed by atoms with Gasteiger partial charge in [0.15, 0.2) is 11.6 Å². The number of anilines is 3. The van der Waals surface area contributed by atoms with Gasteiger partial charge in [-0.15, -0.1) is 0 Å². The molecule has 0 fully saturated rings. The number of aromatic nitrogens is 1. The third kappa shape index (κ3) is 2.78. The number of hydrogen-bond donors (Lipinski definition) is 2. The Kier molecular flexibility index (Phi) is 3.36. The van der Waals surface area contributed by atoms with Crippen LogP contribution in [0.25, 0.3) is 0 Å². The number of pyridine rings is 1. The Labute approximate surface area is 107 Å². The van der Waals surface area contributed by atoms with E-state index in [2.05, 4.69) is 10.3 Å². The van der Waals surface area contributed by atoms with Crippen molar-refractivity contribution >= 4 is 40.4 Å². The average molecular weight is 272 g/mol. The van der Waals surface area contributed by atoms with Gasteiger partial charge in [-0.3, -0.25) is 0 Å². The highest BCUT2D eigenvalue weighted by molar-refractivity contribution is 6.33. The topological polar surface area (TPSA) is 50.9 Å². The molecule has 0 spiro atoms. The highest BCUT2D eigenvalue weighted by Crippen LogP contribution is 2.28. The van der Waals surface area contributed by atoms with E-state index in [4.69, 9.17) is 28.9 Å². The number of nitrogens with two attached hydrogens (primary N) is 1. The van der Waals surface area contributed by atoms with E-state index in [0.717, 1.165) is 6.07 Å². The van der Waals surface area contributed by atoms with Crippen LogP contribution < -0.4 is 11.1 Å². The zero-order valence-electron chi connectivity index (χ0n) is 8.55. The molecule has 1 aromatic carbocycles. The maximum absolute atomic E-state index is 13.5. The van der Waals surface area contributed by atoms with Crippen LogP contribution in [-0.4, -0.2) is 4.98 Å². The molecular formula is C11H8Cl2FN3. The molecule has 2 aromatic rings. The molecule has 17 heavy (non-hydrogen) atoms. The van der Waals surface area contributed by atoms with Gasteiger partial charge in [0.05, 0.1) is 15.7 Å². The van der Waals surface area contributed by atoms with E-state index in [9.17, 15) is 4.39 Å². The molecule has 6 heteroatoms. The minimum Gasteiger partial charge on any atom is -0.399 e. The monoisotopic (exact) mass is 271 g/mol. The second-order valence-electron chi connectivity index (χ2n) is 3.35. The lowest BCUT2D eigenvalue weighted by Gasteiger charge is -2.09. The fraction of sp³-hybridized carbons (Fsp3) is 0. The van der Waals surface area contributed by atoms with Crippen molar-refractivity contribution in [2.24, 2.45) is 0 Å². The van der Waals surface area contributed by atoms with Crippen LogP contribution in [0.2, 0.25) is 10.0 Å². The first kappa shape index (κ1) is 12.0. The Hall–Kier alpha value is -1.52. The molecule has 0 unspecified atom stereocenters. The summed E-state index contributed by atoms with van der Waals surface area (Å²) in [6.45, 7) is 0. The molecule has 0 atom stereocenters. The highest BCUT2D eigenvalue weighted by Gasteiger charge is 2.07. The van der Waals surface area contributed by atoms with Crippen LogP contribution >= 0.6 is 23.2 Å². The predicted molar refractivity (Wildman–Crippen MR) is 68.4 cm³/mol. The Morgan fingerprint density at radius 1 is 1.24 bits per heavy atom. The number of nitrogens with zero attached hydrogens (tertiary/aromatic N) is 1. The Morgan fingerprint density at radius 2 is 2.00 bits per heavy atom. The van der Waals surface area contributed by atoms with Gasteiger partial charge in [-0.25, -0.2) is 9.37 Å². The van der Waals surface area contributed by atoms with Gasteiger partial charge in [-0.05, 0) is 24.3 Å². The molecule has 2 rings (SSSR count). The van der Waals surface area contributed by atoms with Crippen molar-refractivity contribution in [2.45, 2.75) is 0 Å². The summed E-state index contributed by atoms with van der Waals surface area (Å²) in [6, 6.07) is 6.03. The molecule has 0 amide bonds. The maximum atomic E-state index is 13.5. The summed E-state index contributed by atoms with van der Waals surface area (Å²) in [6.07, 6.45) is 1.34. The van der Waals surface area contributed by atoms with E-state index < -0.39 is 5.82 Å². The highest BCUT2D eigenvalue weighted by atomic mass is 35.5. The van der Waals surface area contributed by atoms with Crippen LogP contribution in [0.5, 0.6) is 0 Å². The fourth-order valence-corrected chi connectivity index (χ4v) is 1.58. The number of nitrogens with one attached hydrogen (secondary N) is 1. The smallest absolute Gasteiger partial charge is 0.167 e.